The summed E-state index contributed by atoms with van der Waals surface area (Å²) in [6, 6.07) is 8.79. The first-order valence-corrected chi connectivity index (χ1v) is 12.8. The summed E-state index contributed by atoms with van der Waals surface area (Å²) in [4.78, 5) is 12.0. The quantitative estimate of drug-likeness (QED) is 0.184. The number of rotatable bonds is 10. The maximum atomic E-state index is 12.0. The third kappa shape index (κ3) is 7.75. The van der Waals surface area contributed by atoms with Crippen molar-refractivity contribution < 1.29 is 14.3 Å². The molecule has 0 aliphatic rings. The zero-order valence-corrected chi connectivity index (χ0v) is 21.9. The van der Waals surface area contributed by atoms with Crippen LogP contribution in [-0.2, 0) is 11.4 Å². The van der Waals surface area contributed by atoms with Crippen molar-refractivity contribution in [2.24, 2.45) is 5.10 Å². The Bertz CT molecular complexity index is 1160. The highest BCUT2D eigenvalue weighted by Crippen LogP contribution is 2.37. The Morgan fingerprint density at radius 2 is 2.12 bits per heavy atom. The lowest BCUT2D eigenvalue weighted by Gasteiger charge is -2.15. The number of carbonyl (C=O) groups excluding carboxylic acids is 1. The average molecular weight is 591 g/mol. The number of ether oxygens (including phenoxy) is 2. The van der Waals surface area contributed by atoms with Crippen LogP contribution in [0.25, 0.3) is 0 Å². The van der Waals surface area contributed by atoms with Crippen LogP contribution < -0.4 is 20.6 Å². The summed E-state index contributed by atoms with van der Waals surface area (Å²) in [5.41, 5.74) is 9.48. The van der Waals surface area contributed by atoms with Crippen molar-refractivity contribution in [2.45, 2.75) is 17.9 Å². The molecule has 8 nitrogen and oxygen atoms in total. The summed E-state index contributed by atoms with van der Waals surface area (Å²) in [6.07, 6.45) is 1.51. The molecule has 1 aromatic heterocycles. The molecule has 2 aromatic carbocycles. The normalized spacial score (nSPS) is 11.0. The third-order valence-corrected chi connectivity index (χ3v) is 6.93. The minimum absolute atomic E-state index is 0.139. The van der Waals surface area contributed by atoms with Gasteiger partial charge in [-0.15, -0.1) is 10.2 Å². The van der Waals surface area contributed by atoms with E-state index in [2.05, 4.69) is 36.7 Å². The zero-order valence-electron chi connectivity index (χ0n) is 17.2. The summed E-state index contributed by atoms with van der Waals surface area (Å²) in [5.74, 6) is 0.903. The number of nitrogens with two attached hydrogens (primary N) is 1. The molecule has 13 heteroatoms. The fraction of sp³-hybridized carbons (Fsp3) is 0.200. The Kier molecular flexibility index (Phi) is 9.63. The third-order valence-electron chi connectivity index (χ3n) is 3.87. The van der Waals surface area contributed by atoms with Gasteiger partial charge >= 0.3 is 0 Å². The van der Waals surface area contributed by atoms with Crippen molar-refractivity contribution in [2.75, 3.05) is 18.1 Å². The predicted molar refractivity (Wildman–Crippen MR) is 137 cm³/mol. The van der Waals surface area contributed by atoms with E-state index in [-0.39, 0.29) is 18.3 Å². The Balaban J connectivity index is 1.63. The van der Waals surface area contributed by atoms with Crippen molar-refractivity contribution >= 4 is 79.5 Å². The topological polar surface area (TPSA) is 112 Å². The van der Waals surface area contributed by atoms with Crippen molar-refractivity contribution in [3.05, 3.63) is 56.0 Å². The molecule has 0 saturated carbocycles. The first kappa shape index (κ1) is 25.6. The first-order valence-electron chi connectivity index (χ1n) is 9.42. The molecule has 0 unspecified atom stereocenters. The van der Waals surface area contributed by atoms with Crippen LogP contribution in [0, 0.1) is 0 Å². The Morgan fingerprint density at radius 3 is 2.82 bits per heavy atom. The van der Waals surface area contributed by atoms with Gasteiger partial charge in [0.15, 0.2) is 15.8 Å². The predicted octanol–water partition coefficient (Wildman–Crippen LogP) is 5.41. The van der Waals surface area contributed by atoms with Gasteiger partial charge in [0.2, 0.25) is 5.13 Å². The second kappa shape index (κ2) is 12.4. The highest BCUT2D eigenvalue weighted by molar-refractivity contribution is 9.10. The highest BCUT2D eigenvalue weighted by atomic mass is 79.9. The maximum absolute atomic E-state index is 12.0. The molecule has 0 aliphatic heterocycles. The summed E-state index contributed by atoms with van der Waals surface area (Å²) < 4.78 is 13.0. The van der Waals surface area contributed by atoms with E-state index in [4.69, 9.17) is 38.4 Å². The van der Waals surface area contributed by atoms with Gasteiger partial charge in [0.1, 0.15) is 6.61 Å². The van der Waals surface area contributed by atoms with E-state index in [1.54, 1.807) is 30.3 Å². The highest BCUT2D eigenvalue weighted by Gasteiger charge is 2.13. The summed E-state index contributed by atoms with van der Waals surface area (Å²) in [6.45, 7) is 2.54. The van der Waals surface area contributed by atoms with Crippen LogP contribution in [0.1, 0.15) is 18.1 Å². The molecule has 1 heterocycles. The lowest BCUT2D eigenvalue weighted by atomic mass is 10.2. The SMILES string of the molecule is CCOc1cc(C=NNC(=O)CSc2nnc(N)s2)cc(Br)c1OCc1ccc(Cl)cc1Cl. The molecule has 0 atom stereocenters. The van der Waals surface area contributed by atoms with Crippen LogP contribution in [-0.4, -0.2) is 34.7 Å². The van der Waals surface area contributed by atoms with Crippen LogP contribution in [0.5, 0.6) is 11.5 Å². The van der Waals surface area contributed by atoms with Gasteiger partial charge in [-0.05, 0) is 52.7 Å². The van der Waals surface area contributed by atoms with Gasteiger partial charge in [-0.3, -0.25) is 4.79 Å². The van der Waals surface area contributed by atoms with Gasteiger partial charge < -0.3 is 15.2 Å². The van der Waals surface area contributed by atoms with E-state index >= 15 is 0 Å². The van der Waals surface area contributed by atoms with Gasteiger partial charge in [-0.2, -0.15) is 5.10 Å². The van der Waals surface area contributed by atoms with Crippen LogP contribution in [0.15, 0.2) is 44.2 Å². The number of halogens is 3. The molecule has 0 fully saturated rings. The van der Waals surface area contributed by atoms with Crippen molar-refractivity contribution in [1.29, 1.82) is 0 Å². The molecular weight excluding hydrogens is 573 g/mol. The molecule has 0 radical (unpaired) electrons. The van der Waals surface area contributed by atoms with Gasteiger partial charge in [-0.1, -0.05) is 52.4 Å². The number of hydrazone groups is 1. The van der Waals surface area contributed by atoms with Crippen molar-refractivity contribution in [1.82, 2.24) is 15.6 Å². The first-order chi connectivity index (χ1) is 15.9. The number of hydrogen-bond acceptors (Lipinski definition) is 9. The van der Waals surface area contributed by atoms with E-state index < -0.39 is 0 Å². The maximum Gasteiger partial charge on any atom is 0.250 e. The van der Waals surface area contributed by atoms with E-state index in [1.807, 2.05) is 6.92 Å². The number of nitrogens with zero attached hydrogens (tertiary/aromatic N) is 3. The largest absolute Gasteiger partial charge is 0.490 e. The number of anilines is 1. The minimum Gasteiger partial charge on any atom is -0.490 e. The lowest BCUT2D eigenvalue weighted by Crippen LogP contribution is -2.19. The van der Waals surface area contributed by atoms with Crippen molar-refractivity contribution in [3.63, 3.8) is 0 Å². The Morgan fingerprint density at radius 1 is 1.30 bits per heavy atom. The number of carbonyl (C=O) groups is 1. The van der Waals surface area contributed by atoms with E-state index in [0.717, 1.165) is 5.56 Å². The second-order valence-electron chi connectivity index (χ2n) is 6.28. The van der Waals surface area contributed by atoms with Crippen LogP contribution in [0.4, 0.5) is 5.13 Å². The average Bonchev–Trinajstić information content (AvgIpc) is 3.18. The Hall–Kier alpha value is -2.05. The van der Waals surface area contributed by atoms with Gasteiger partial charge in [0.05, 0.1) is 23.0 Å². The molecule has 1 amide bonds. The number of nitrogen functional groups attached to an aromatic ring is 1. The van der Waals surface area contributed by atoms with E-state index in [0.29, 0.717) is 47.7 Å². The van der Waals surface area contributed by atoms with Crippen LogP contribution >= 0.6 is 62.2 Å². The summed E-state index contributed by atoms with van der Waals surface area (Å²) in [5, 5.41) is 13.0. The fourth-order valence-corrected chi connectivity index (χ4v) is 4.94. The molecular formula is C20H18BrCl2N5O3S2. The van der Waals surface area contributed by atoms with E-state index in [1.165, 1.54) is 29.3 Å². The van der Waals surface area contributed by atoms with E-state index in [9.17, 15) is 4.79 Å². The fourth-order valence-electron chi connectivity index (χ4n) is 2.47. The Labute approximate surface area is 217 Å². The monoisotopic (exact) mass is 589 g/mol. The molecule has 0 aliphatic carbocycles. The molecule has 3 N–H and O–H groups in total. The van der Waals surface area contributed by atoms with Gasteiger partial charge in [0.25, 0.3) is 5.91 Å². The molecule has 174 valence electrons. The molecule has 3 rings (SSSR count). The lowest BCUT2D eigenvalue weighted by molar-refractivity contribution is -0.118. The number of benzene rings is 2. The number of hydrogen-bond donors (Lipinski definition) is 2. The summed E-state index contributed by atoms with van der Waals surface area (Å²) >= 11 is 18.1. The number of thioether (sulfide) groups is 1. The molecule has 0 saturated heterocycles. The van der Waals surface area contributed by atoms with Crippen LogP contribution in [0.3, 0.4) is 0 Å². The zero-order chi connectivity index (χ0) is 23.8. The minimum atomic E-state index is -0.283. The standard InChI is InChI=1S/C20H18BrCl2N5O3S2/c1-2-30-16-6-11(8-25-26-17(29)10-32-20-28-27-19(24)33-20)5-14(21)18(16)31-9-12-3-4-13(22)7-15(12)23/h3-8H,2,9-10H2,1H3,(H2,24,27)(H,26,29). The van der Waals surface area contributed by atoms with Gasteiger partial charge in [-0.25, -0.2) is 5.43 Å². The van der Waals surface area contributed by atoms with Gasteiger partial charge in [0, 0.05) is 15.6 Å². The smallest absolute Gasteiger partial charge is 0.250 e. The van der Waals surface area contributed by atoms with Crippen molar-refractivity contribution in [3.8, 4) is 11.5 Å². The number of amides is 1. The molecule has 0 bridgehead atoms. The molecule has 3 aromatic rings. The summed E-state index contributed by atoms with van der Waals surface area (Å²) in [7, 11) is 0. The molecule has 0 spiro atoms. The number of aromatic nitrogens is 2. The number of nitrogens with one attached hydrogen (secondary N) is 1. The van der Waals surface area contributed by atoms with Crippen LogP contribution in [0.2, 0.25) is 10.0 Å². The second-order valence-corrected chi connectivity index (χ2v) is 10.2. The molecule has 33 heavy (non-hydrogen) atoms.